The Morgan fingerprint density at radius 3 is 2.50 bits per heavy atom. The number of benzene rings is 2. The van der Waals surface area contributed by atoms with Crippen molar-refractivity contribution >= 4 is 40.3 Å². The quantitative estimate of drug-likeness (QED) is 0.461. The molecule has 2 aromatic rings. The average molecular weight is 398 g/mol. The fourth-order valence-corrected chi connectivity index (χ4v) is 3.52. The number of anilines is 2. The second kappa shape index (κ2) is 8.35. The Labute approximate surface area is 168 Å². The van der Waals surface area contributed by atoms with E-state index in [-0.39, 0.29) is 16.4 Å². The van der Waals surface area contributed by atoms with Crippen molar-refractivity contribution in [2.45, 2.75) is 26.7 Å². The molecule has 1 aliphatic heterocycles. The van der Waals surface area contributed by atoms with Crippen molar-refractivity contribution in [3.05, 3.63) is 63.2 Å². The molecule has 1 amide bonds. The number of hydrogen-bond donors (Lipinski definition) is 2. The van der Waals surface area contributed by atoms with Crippen molar-refractivity contribution < 1.29 is 9.72 Å². The number of nitrogens with one attached hydrogen (secondary N) is 2. The maximum atomic E-state index is 12.5. The number of nitrogens with zero attached hydrogens (tertiary/aromatic N) is 2. The fraction of sp³-hybridized carbons (Fsp3) is 0.300. The predicted octanol–water partition coefficient (Wildman–Crippen LogP) is 3.94. The molecule has 0 aromatic heterocycles. The zero-order valence-corrected chi connectivity index (χ0v) is 16.6. The minimum Gasteiger partial charge on any atom is -0.366 e. The number of rotatable bonds is 4. The first kappa shape index (κ1) is 19.8. The molecule has 0 atom stereocenters. The molecule has 3 rings (SSSR count). The first-order valence-corrected chi connectivity index (χ1v) is 9.49. The monoisotopic (exact) mass is 398 g/mol. The van der Waals surface area contributed by atoms with E-state index in [1.807, 2.05) is 36.9 Å². The molecule has 1 aliphatic rings. The number of carbonyl (C=O) groups is 1. The fourth-order valence-electron chi connectivity index (χ4n) is 3.32. The van der Waals surface area contributed by atoms with Crippen LogP contribution in [-0.2, 0) is 0 Å². The summed E-state index contributed by atoms with van der Waals surface area (Å²) in [5.41, 5.74) is 3.61. The third-order valence-electron chi connectivity index (χ3n) is 4.74. The van der Waals surface area contributed by atoms with E-state index in [1.165, 1.54) is 6.07 Å². The summed E-state index contributed by atoms with van der Waals surface area (Å²) in [6.07, 6.45) is 2.02. The van der Waals surface area contributed by atoms with Crippen molar-refractivity contribution in [3.8, 4) is 0 Å². The highest BCUT2D eigenvalue weighted by Gasteiger charge is 2.24. The van der Waals surface area contributed by atoms with Gasteiger partial charge in [0.1, 0.15) is 5.69 Å². The van der Waals surface area contributed by atoms with E-state index in [4.69, 9.17) is 12.2 Å². The van der Waals surface area contributed by atoms with Gasteiger partial charge in [0.25, 0.3) is 11.6 Å². The van der Waals surface area contributed by atoms with Crippen molar-refractivity contribution in [2.75, 3.05) is 23.3 Å². The lowest BCUT2D eigenvalue weighted by atomic mass is 10.1. The van der Waals surface area contributed by atoms with Gasteiger partial charge in [0.2, 0.25) is 0 Å². The molecule has 1 heterocycles. The summed E-state index contributed by atoms with van der Waals surface area (Å²) in [6, 6.07) is 10.4. The standard InChI is InChI=1S/C20H22N4O3S/c1-13-5-7-16(14(2)11-13)21-20(28)22-19(25)15-6-8-17(18(12-15)24(26)27)23-9-3-4-10-23/h5-8,11-12H,3-4,9-10H2,1-2H3,(H2,21,22,25,28). The Morgan fingerprint density at radius 1 is 1.14 bits per heavy atom. The molecule has 1 saturated heterocycles. The minimum atomic E-state index is -0.488. The lowest BCUT2D eigenvalue weighted by Gasteiger charge is -2.18. The van der Waals surface area contributed by atoms with Crippen LogP contribution in [0, 0.1) is 24.0 Å². The van der Waals surface area contributed by atoms with E-state index >= 15 is 0 Å². The average Bonchev–Trinajstić information content (AvgIpc) is 3.18. The van der Waals surface area contributed by atoms with Crippen LogP contribution in [0.3, 0.4) is 0 Å². The number of thiocarbonyl (C=S) groups is 1. The molecule has 28 heavy (non-hydrogen) atoms. The van der Waals surface area contributed by atoms with Crippen molar-refractivity contribution in [3.63, 3.8) is 0 Å². The highest BCUT2D eigenvalue weighted by atomic mass is 32.1. The first-order valence-electron chi connectivity index (χ1n) is 9.08. The molecule has 2 aromatic carbocycles. The number of carbonyl (C=O) groups excluding carboxylic acids is 1. The maximum Gasteiger partial charge on any atom is 0.293 e. The van der Waals surface area contributed by atoms with Gasteiger partial charge in [-0.2, -0.15) is 0 Å². The van der Waals surface area contributed by atoms with Crippen LogP contribution >= 0.6 is 12.2 Å². The molecule has 0 saturated carbocycles. The number of nitro benzene ring substituents is 1. The van der Waals surface area contributed by atoms with Gasteiger partial charge in [-0.1, -0.05) is 17.7 Å². The molecule has 7 nitrogen and oxygen atoms in total. The Morgan fingerprint density at radius 2 is 1.86 bits per heavy atom. The van der Waals surface area contributed by atoms with Gasteiger partial charge in [-0.25, -0.2) is 0 Å². The molecule has 146 valence electrons. The molecule has 0 aliphatic carbocycles. The Bertz CT molecular complexity index is 939. The van der Waals surface area contributed by atoms with Gasteiger partial charge in [-0.15, -0.1) is 0 Å². The molecular formula is C20H22N4O3S. The normalized spacial score (nSPS) is 13.3. The van der Waals surface area contributed by atoms with Crippen LogP contribution in [0.4, 0.5) is 17.1 Å². The van der Waals surface area contributed by atoms with Gasteiger partial charge in [-0.05, 0) is 62.7 Å². The van der Waals surface area contributed by atoms with E-state index in [0.717, 1.165) is 42.7 Å². The summed E-state index contributed by atoms with van der Waals surface area (Å²) in [7, 11) is 0. The lowest BCUT2D eigenvalue weighted by Crippen LogP contribution is -2.34. The number of nitro groups is 1. The molecule has 0 bridgehead atoms. The van der Waals surface area contributed by atoms with E-state index in [2.05, 4.69) is 10.6 Å². The van der Waals surface area contributed by atoms with Gasteiger partial charge in [0, 0.05) is 30.4 Å². The number of amides is 1. The highest BCUT2D eigenvalue weighted by Crippen LogP contribution is 2.31. The summed E-state index contributed by atoms with van der Waals surface area (Å²) in [5.74, 6) is -0.488. The van der Waals surface area contributed by atoms with Gasteiger partial charge >= 0.3 is 0 Å². The predicted molar refractivity (Wildman–Crippen MR) is 114 cm³/mol. The Kier molecular flexibility index (Phi) is 5.89. The second-order valence-electron chi connectivity index (χ2n) is 6.88. The van der Waals surface area contributed by atoms with Gasteiger partial charge in [0.05, 0.1) is 4.92 Å². The topological polar surface area (TPSA) is 87.5 Å². The van der Waals surface area contributed by atoms with E-state index in [0.29, 0.717) is 5.69 Å². The highest BCUT2D eigenvalue weighted by molar-refractivity contribution is 7.80. The first-order chi connectivity index (χ1) is 13.3. The molecule has 1 fully saturated rings. The molecule has 2 N–H and O–H groups in total. The molecule has 0 spiro atoms. The van der Waals surface area contributed by atoms with Crippen LogP contribution in [0.2, 0.25) is 0 Å². The molecule has 8 heteroatoms. The summed E-state index contributed by atoms with van der Waals surface area (Å²) < 4.78 is 0. The van der Waals surface area contributed by atoms with E-state index in [9.17, 15) is 14.9 Å². The lowest BCUT2D eigenvalue weighted by molar-refractivity contribution is -0.384. The molecule has 0 unspecified atom stereocenters. The maximum absolute atomic E-state index is 12.5. The van der Waals surface area contributed by atoms with Gasteiger partial charge in [0.15, 0.2) is 5.11 Å². The van der Waals surface area contributed by atoms with E-state index in [1.54, 1.807) is 12.1 Å². The van der Waals surface area contributed by atoms with Gasteiger partial charge in [-0.3, -0.25) is 20.2 Å². The summed E-state index contributed by atoms with van der Waals surface area (Å²) in [6.45, 7) is 5.52. The van der Waals surface area contributed by atoms with Crippen LogP contribution in [0.1, 0.15) is 34.3 Å². The largest absolute Gasteiger partial charge is 0.366 e. The summed E-state index contributed by atoms with van der Waals surface area (Å²) in [4.78, 5) is 25.5. The third-order valence-corrected chi connectivity index (χ3v) is 4.94. The zero-order valence-electron chi connectivity index (χ0n) is 15.8. The zero-order chi connectivity index (χ0) is 20.3. The van der Waals surface area contributed by atoms with Crippen LogP contribution in [-0.4, -0.2) is 29.0 Å². The summed E-state index contributed by atoms with van der Waals surface area (Å²) in [5, 5.41) is 17.2. The van der Waals surface area contributed by atoms with Crippen molar-refractivity contribution in [1.82, 2.24) is 5.32 Å². The molecule has 0 radical (unpaired) electrons. The van der Waals surface area contributed by atoms with Crippen LogP contribution in [0.25, 0.3) is 0 Å². The van der Waals surface area contributed by atoms with Crippen LogP contribution < -0.4 is 15.5 Å². The van der Waals surface area contributed by atoms with Gasteiger partial charge < -0.3 is 10.2 Å². The number of hydrogen-bond acceptors (Lipinski definition) is 5. The van der Waals surface area contributed by atoms with Crippen molar-refractivity contribution in [2.24, 2.45) is 0 Å². The second-order valence-corrected chi connectivity index (χ2v) is 7.29. The summed E-state index contributed by atoms with van der Waals surface area (Å²) >= 11 is 5.22. The Balaban J connectivity index is 1.73. The number of aryl methyl sites for hydroxylation is 2. The third kappa shape index (κ3) is 4.45. The molecular weight excluding hydrogens is 376 g/mol. The van der Waals surface area contributed by atoms with Crippen LogP contribution in [0.15, 0.2) is 36.4 Å². The van der Waals surface area contributed by atoms with E-state index < -0.39 is 10.8 Å². The van der Waals surface area contributed by atoms with Crippen LogP contribution in [0.5, 0.6) is 0 Å². The SMILES string of the molecule is Cc1ccc(NC(=S)NC(=O)c2ccc(N3CCCC3)c([N+](=O)[O-])c2)c(C)c1. The Hall–Kier alpha value is -3.00. The van der Waals surface area contributed by atoms with Crippen molar-refractivity contribution in [1.29, 1.82) is 0 Å². The minimum absolute atomic E-state index is 0.0668. The smallest absolute Gasteiger partial charge is 0.293 e.